The molecule has 0 atom stereocenters. The molecule has 0 aliphatic heterocycles. The zero-order valence-electron chi connectivity index (χ0n) is 11.6. The number of benzene rings is 1. The molecule has 4 nitrogen and oxygen atoms in total. The zero-order chi connectivity index (χ0) is 16.5. The van der Waals surface area contributed by atoms with Crippen molar-refractivity contribution in [3.63, 3.8) is 0 Å². The molecule has 0 unspecified atom stereocenters. The molecule has 0 aliphatic carbocycles. The molecule has 0 aliphatic rings. The van der Waals surface area contributed by atoms with Crippen LogP contribution in [0, 0.1) is 5.82 Å². The first kappa shape index (κ1) is 16.1. The number of hydrogen-bond acceptors (Lipinski definition) is 2. The van der Waals surface area contributed by atoms with Crippen molar-refractivity contribution in [1.29, 1.82) is 0 Å². The number of carbonyl (C=O) groups is 1. The maximum atomic E-state index is 14.0. The lowest BCUT2D eigenvalue weighted by molar-refractivity contribution is -0.274. The van der Waals surface area contributed by atoms with Gasteiger partial charge in [0.2, 0.25) is 0 Å². The molecule has 22 heavy (non-hydrogen) atoms. The van der Waals surface area contributed by atoms with Crippen LogP contribution in [0.3, 0.4) is 0 Å². The van der Waals surface area contributed by atoms with Gasteiger partial charge < -0.3 is 14.4 Å². The molecular weight excluding hydrogens is 306 g/mol. The molecule has 0 radical (unpaired) electrons. The summed E-state index contributed by atoms with van der Waals surface area (Å²) >= 11 is 0. The Morgan fingerprint density at radius 3 is 2.59 bits per heavy atom. The zero-order valence-corrected chi connectivity index (χ0v) is 11.6. The standard InChI is InChI=1S/C14H13F4NO3/c1-2-3-6-19-7-8(13(20)21)11-10(22-14(16,17)18)5-4-9(15)12(11)19/h4-5,7H,2-3,6H2,1H3,(H,20,21). The van der Waals surface area contributed by atoms with Gasteiger partial charge >= 0.3 is 12.3 Å². The molecule has 2 rings (SSSR count). The Hall–Kier alpha value is -2.25. The van der Waals surface area contributed by atoms with Gasteiger partial charge in [0, 0.05) is 12.7 Å². The maximum absolute atomic E-state index is 14.0. The molecule has 1 N–H and O–H groups in total. The summed E-state index contributed by atoms with van der Waals surface area (Å²) in [6, 6.07) is 1.61. The van der Waals surface area contributed by atoms with Crippen LogP contribution in [0.1, 0.15) is 30.1 Å². The van der Waals surface area contributed by atoms with E-state index in [4.69, 9.17) is 5.11 Å². The van der Waals surface area contributed by atoms with Crippen molar-refractivity contribution in [2.45, 2.75) is 32.7 Å². The number of nitrogens with zero attached hydrogens (tertiary/aromatic N) is 1. The Labute approximate surface area is 122 Å². The number of unbranched alkanes of at least 4 members (excludes halogenated alkanes) is 1. The lowest BCUT2D eigenvalue weighted by Crippen LogP contribution is -2.17. The van der Waals surface area contributed by atoms with Crippen molar-refractivity contribution >= 4 is 16.9 Å². The van der Waals surface area contributed by atoms with Crippen LogP contribution in [-0.2, 0) is 6.54 Å². The van der Waals surface area contributed by atoms with E-state index in [0.29, 0.717) is 13.0 Å². The number of aryl methyl sites for hydroxylation is 1. The Morgan fingerprint density at radius 2 is 2.05 bits per heavy atom. The lowest BCUT2D eigenvalue weighted by Gasteiger charge is -2.11. The molecule has 120 valence electrons. The monoisotopic (exact) mass is 319 g/mol. The number of rotatable bonds is 5. The van der Waals surface area contributed by atoms with Gasteiger partial charge in [0.1, 0.15) is 11.6 Å². The van der Waals surface area contributed by atoms with Crippen LogP contribution in [-0.4, -0.2) is 22.0 Å². The molecule has 1 aromatic carbocycles. The van der Waals surface area contributed by atoms with Crippen LogP contribution in [0.2, 0.25) is 0 Å². The average molecular weight is 319 g/mol. The second-order valence-electron chi connectivity index (χ2n) is 4.71. The van der Waals surface area contributed by atoms with E-state index in [1.165, 1.54) is 4.57 Å². The van der Waals surface area contributed by atoms with E-state index in [9.17, 15) is 22.4 Å². The van der Waals surface area contributed by atoms with E-state index in [0.717, 1.165) is 24.8 Å². The van der Waals surface area contributed by atoms with Gasteiger partial charge in [-0.2, -0.15) is 0 Å². The van der Waals surface area contributed by atoms with E-state index in [2.05, 4.69) is 4.74 Å². The summed E-state index contributed by atoms with van der Waals surface area (Å²) < 4.78 is 56.5. The van der Waals surface area contributed by atoms with Crippen LogP contribution < -0.4 is 4.74 Å². The molecule has 2 aromatic rings. The van der Waals surface area contributed by atoms with Crippen LogP contribution in [0.25, 0.3) is 10.9 Å². The van der Waals surface area contributed by atoms with Gasteiger partial charge in [-0.3, -0.25) is 0 Å². The molecule has 0 fully saturated rings. The number of alkyl halides is 3. The predicted molar refractivity (Wildman–Crippen MR) is 70.4 cm³/mol. The van der Waals surface area contributed by atoms with E-state index >= 15 is 0 Å². The van der Waals surface area contributed by atoms with Gasteiger partial charge in [-0.25, -0.2) is 9.18 Å². The summed E-state index contributed by atoms with van der Waals surface area (Å²) in [4.78, 5) is 11.3. The molecular formula is C14H13F4NO3. The normalized spacial score (nSPS) is 11.9. The smallest absolute Gasteiger partial charge is 0.478 e. The minimum atomic E-state index is -4.99. The third-order valence-corrected chi connectivity index (χ3v) is 3.14. The molecule has 0 saturated heterocycles. The summed E-state index contributed by atoms with van der Waals surface area (Å²) in [5, 5.41) is 8.77. The first-order valence-electron chi connectivity index (χ1n) is 6.55. The first-order valence-corrected chi connectivity index (χ1v) is 6.55. The third kappa shape index (κ3) is 3.15. The van der Waals surface area contributed by atoms with Gasteiger partial charge in [0.05, 0.1) is 16.5 Å². The van der Waals surface area contributed by atoms with Crippen molar-refractivity contribution < 1.29 is 32.2 Å². The van der Waals surface area contributed by atoms with Crippen molar-refractivity contribution in [3.05, 3.63) is 29.7 Å². The fourth-order valence-electron chi connectivity index (χ4n) is 2.25. The maximum Gasteiger partial charge on any atom is 0.573 e. The summed E-state index contributed by atoms with van der Waals surface area (Å²) in [6.07, 6.45) is -2.46. The van der Waals surface area contributed by atoms with Gasteiger partial charge in [-0.15, -0.1) is 13.2 Å². The number of carboxylic acids is 1. The Kier molecular flexibility index (Phi) is 4.30. The molecule has 8 heteroatoms. The van der Waals surface area contributed by atoms with E-state index in [-0.39, 0.29) is 10.9 Å². The SMILES string of the molecule is CCCCn1cc(C(=O)O)c2c(OC(F)(F)F)ccc(F)c21. The van der Waals surface area contributed by atoms with Crippen molar-refractivity contribution in [2.75, 3.05) is 0 Å². The van der Waals surface area contributed by atoms with Crippen LogP contribution >= 0.6 is 0 Å². The van der Waals surface area contributed by atoms with Gasteiger partial charge in [-0.05, 0) is 18.6 Å². The second kappa shape index (κ2) is 5.86. The molecule has 0 amide bonds. The highest BCUT2D eigenvalue weighted by Gasteiger charge is 2.33. The third-order valence-electron chi connectivity index (χ3n) is 3.14. The minimum Gasteiger partial charge on any atom is -0.478 e. The number of aromatic carboxylic acids is 1. The minimum absolute atomic E-state index is 0.201. The highest BCUT2D eigenvalue weighted by Crippen LogP contribution is 2.36. The summed E-state index contributed by atoms with van der Waals surface area (Å²) in [6.45, 7) is 2.19. The highest BCUT2D eigenvalue weighted by molar-refractivity contribution is 6.06. The Morgan fingerprint density at radius 1 is 1.36 bits per heavy atom. The number of halogens is 4. The molecule has 0 saturated carbocycles. The van der Waals surface area contributed by atoms with Gasteiger partial charge in [0.15, 0.2) is 0 Å². The van der Waals surface area contributed by atoms with E-state index in [1.54, 1.807) is 0 Å². The average Bonchev–Trinajstić information content (AvgIpc) is 2.79. The summed E-state index contributed by atoms with van der Waals surface area (Å²) in [7, 11) is 0. The largest absolute Gasteiger partial charge is 0.573 e. The van der Waals surface area contributed by atoms with E-state index in [1.807, 2.05) is 6.92 Å². The number of fused-ring (bicyclic) bond motifs is 1. The fraction of sp³-hybridized carbons (Fsp3) is 0.357. The lowest BCUT2D eigenvalue weighted by atomic mass is 10.1. The Balaban J connectivity index is 2.70. The fourth-order valence-corrected chi connectivity index (χ4v) is 2.25. The predicted octanol–water partition coefficient (Wildman–Crippen LogP) is 4.18. The van der Waals surface area contributed by atoms with Crippen molar-refractivity contribution in [1.82, 2.24) is 4.57 Å². The van der Waals surface area contributed by atoms with E-state index < -0.39 is 29.5 Å². The van der Waals surface area contributed by atoms with Gasteiger partial charge in [0.25, 0.3) is 0 Å². The molecule has 0 spiro atoms. The summed E-state index contributed by atoms with van der Waals surface area (Å²) in [5.74, 6) is -2.97. The number of hydrogen-bond donors (Lipinski definition) is 1. The second-order valence-corrected chi connectivity index (χ2v) is 4.71. The van der Waals surface area contributed by atoms with Crippen LogP contribution in [0.5, 0.6) is 5.75 Å². The first-order chi connectivity index (χ1) is 10.2. The van der Waals surface area contributed by atoms with Crippen molar-refractivity contribution in [2.24, 2.45) is 0 Å². The van der Waals surface area contributed by atoms with Crippen LogP contribution in [0.4, 0.5) is 17.6 Å². The summed E-state index contributed by atoms with van der Waals surface area (Å²) in [5.41, 5.74) is -0.627. The Bertz CT molecular complexity index is 706. The number of ether oxygens (including phenoxy) is 1. The van der Waals surface area contributed by atoms with Gasteiger partial charge in [-0.1, -0.05) is 13.3 Å². The topological polar surface area (TPSA) is 51.5 Å². The molecule has 0 bridgehead atoms. The molecule has 1 heterocycles. The number of aromatic nitrogens is 1. The van der Waals surface area contributed by atoms with Crippen LogP contribution in [0.15, 0.2) is 18.3 Å². The molecule has 1 aromatic heterocycles. The number of carboxylic acid groups (broad SMARTS) is 1. The highest BCUT2D eigenvalue weighted by atomic mass is 19.4. The quantitative estimate of drug-likeness (QED) is 0.841. The van der Waals surface area contributed by atoms with Crippen molar-refractivity contribution in [3.8, 4) is 5.75 Å².